The van der Waals surface area contributed by atoms with E-state index in [1.54, 1.807) is 18.2 Å². The highest BCUT2D eigenvalue weighted by Gasteiger charge is 2.32. The van der Waals surface area contributed by atoms with Gasteiger partial charge in [0.1, 0.15) is 10.7 Å². The number of carbonyl (C=O) groups excluding carboxylic acids is 1. The van der Waals surface area contributed by atoms with Crippen LogP contribution in [-0.2, 0) is 27.5 Å². The molecule has 3 rings (SSSR count). The number of hydrazone groups is 1. The average molecular weight is 466 g/mol. The molecule has 0 unspecified atom stereocenters. The van der Waals surface area contributed by atoms with Crippen molar-refractivity contribution in [3.8, 4) is 11.1 Å². The monoisotopic (exact) mass is 466 g/mol. The van der Waals surface area contributed by atoms with Crippen molar-refractivity contribution in [1.82, 2.24) is 5.43 Å². The van der Waals surface area contributed by atoms with Gasteiger partial charge in [-0.15, -0.1) is 0 Å². The van der Waals surface area contributed by atoms with Crippen molar-refractivity contribution in [3.63, 3.8) is 0 Å². The molecule has 1 aromatic heterocycles. The molecular weight excluding hydrogens is 449 g/mol. The number of alkyl halides is 3. The molecule has 1 heterocycles. The summed E-state index contributed by atoms with van der Waals surface area (Å²) in [6.07, 6.45) is -1.62. The average Bonchev–Trinajstić information content (AvgIpc) is 3.24. The third kappa shape index (κ3) is 5.83. The third-order valence-electron chi connectivity index (χ3n) is 4.41. The van der Waals surface area contributed by atoms with Crippen molar-refractivity contribution in [2.24, 2.45) is 5.10 Å². The first-order chi connectivity index (χ1) is 15.1. The molecule has 0 aliphatic carbocycles. The van der Waals surface area contributed by atoms with Gasteiger partial charge in [0.2, 0.25) is 5.91 Å². The van der Waals surface area contributed by atoms with E-state index in [1.807, 2.05) is 0 Å². The molecule has 0 aliphatic heterocycles. The molecule has 7 nitrogen and oxygen atoms in total. The van der Waals surface area contributed by atoms with E-state index >= 15 is 0 Å². The van der Waals surface area contributed by atoms with E-state index in [4.69, 9.17) is 4.42 Å². The molecule has 0 spiro atoms. The van der Waals surface area contributed by atoms with Crippen LogP contribution < -0.4 is 5.43 Å². The summed E-state index contributed by atoms with van der Waals surface area (Å²) in [4.78, 5) is 11.2. The fraction of sp³-hybridized carbons (Fsp3) is 0.143. The maximum atomic E-state index is 13.2. The minimum absolute atomic E-state index is 0.0693. The standard InChI is InChI=1S/C21H17F3N2O5S/c22-21(23,24)15-7-9-19(32(28,29)30)18(12-15)17-6-2-1-4-14(17)13-25-26-20(27)10-8-16-5-3-11-31-16/h1-7,9,11-13H,8,10H2,(H,26,27)(H,28,29,30). The van der Waals surface area contributed by atoms with Crippen LogP contribution in [0.3, 0.4) is 0 Å². The van der Waals surface area contributed by atoms with Crippen LogP contribution in [0.2, 0.25) is 0 Å². The predicted molar refractivity (Wildman–Crippen MR) is 109 cm³/mol. The molecule has 0 aliphatic rings. The van der Waals surface area contributed by atoms with Gasteiger partial charge in [0, 0.05) is 24.0 Å². The fourth-order valence-electron chi connectivity index (χ4n) is 2.92. The zero-order chi connectivity index (χ0) is 23.4. The maximum absolute atomic E-state index is 13.2. The molecule has 2 aromatic carbocycles. The van der Waals surface area contributed by atoms with Gasteiger partial charge in [-0.25, -0.2) is 5.43 Å². The summed E-state index contributed by atoms with van der Waals surface area (Å²) in [6.45, 7) is 0. The van der Waals surface area contributed by atoms with E-state index in [1.165, 1.54) is 30.7 Å². The summed E-state index contributed by atoms with van der Waals surface area (Å²) < 4.78 is 77.7. The van der Waals surface area contributed by atoms with Crippen molar-refractivity contribution in [2.75, 3.05) is 0 Å². The van der Waals surface area contributed by atoms with Crippen LogP contribution in [0, 0.1) is 0 Å². The molecule has 168 valence electrons. The molecule has 1 amide bonds. The number of hydrogen-bond donors (Lipinski definition) is 2. The number of aryl methyl sites for hydroxylation is 1. The quantitative estimate of drug-likeness (QED) is 0.307. The summed E-state index contributed by atoms with van der Waals surface area (Å²) in [6, 6.07) is 11.2. The number of amides is 1. The predicted octanol–water partition coefficient (Wildman–Crippen LogP) is 4.30. The molecule has 11 heteroatoms. The zero-order valence-electron chi connectivity index (χ0n) is 16.3. The highest BCUT2D eigenvalue weighted by molar-refractivity contribution is 7.86. The van der Waals surface area contributed by atoms with Crippen LogP contribution in [0.4, 0.5) is 13.2 Å². The lowest BCUT2D eigenvalue weighted by atomic mass is 9.98. The summed E-state index contributed by atoms with van der Waals surface area (Å²) in [5, 5.41) is 3.80. The van der Waals surface area contributed by atoms with Crippen LogP contribution in [0.5, 0.6) is 0 Å². The van der Waals surface area contributed by atoms with Gasteiger partial charge in [-0.05, 0) is 35.9 Å². The van der Waals surface area contributed by atoms with Crippen LogP contribution in [-0.4, -0.2) is 25.1 Å². The second-order valence-corrected chi connectivity index (χ2v) is 8.03. The number of nitrogens with zero attached hydrogens (tertiary/aromatic N) is 1. The lowest BCUT2D eigenvalue weighted by Crippen LogP contribution is -2.17. The van der Waals surface area contributed by atoms with Crippen LogP contribution in [0.25, 0.3) is 11.1 Å². The van der Waals surface area contributed by atoms with Gasteiger partial charge in [0.25, 0.3) is 10.1 Å². The Morgan fingerprint density at radius 3 is 2.50 bits per heavy atom. The summed E-state index contributed by atoms with van der Waals surface area (Å²) >= 11 is 0. The summed E-state index contributed by atoms with van der Waals surface area (Å²) in [5.74, 6) is 0.199. The molecule has 0 fully saturated rings. The molecule has 2 N–H and O–H groups in total. The largest absolute Gasteiger partial charge is 0.469 e. The van der Waals surface area contributed by atoms with Gasteiger partial charge in [-0.2, -0.15) is 26.7 Å². The Labute approximate surface area is 181 Å². The summed E-state index contributed by atoms with van der Waals surface area (Å²) in [5.41, 5.74) is 1.15. The molecule has 0 saturated carbocycles. The van der Waals surface area contributed by atoms with Crippen molar-refractivity contribution in [3.05, 3.63) is 77.7 Å². The molecule has 0 bridgehead atoms. The smallest absolute Gasteiger partial charge is 0.416 e. The van der Waals surface area contributed by atoms with E-state index in [0.29, 0.717) is 30.4 Å². The number of hydrogen-bond acceptors (Lipinski definition) is 5. The van der Waals surface area contributed by atoms with Crippen molar-refractivity contribution >= 4 is 22.2 Å². The Morgan fingerprint density at radius 1 is 1.09 bits per heavy atom. The Balaban J connectivity index is 1.89. The number of carbonyl (C=O) groups is 1. The first-order valence-corrected chi connectivity index (χ1v) is 10.6. The number of rotatable bonds is 7. The van der Waals surface area contributed by atoms with E-state index in [2.05, 4.69) is 10.5 Å². The second kappa shape index (κ2) is 9.37. The van der Waals surface area contributed by atoms with Gasteiger partial charge in [0.15, 0.2) is 0 Å². The highest BCUT2D eigenvalue weighted by Crippen LogP contribution is 2.36. The first-order valence-electron chi connectivity index (χ1n) is 9.18. The normalized spacial score (nSPS) is 12.2. The van der Waals surface area contributed by atoms with Gasteiger partial charge in [-0.3, -0.25) is 9.35 Å². The number of halogens is 3. The number of nitrogens with one attached hydrogen (secondary N) is 1. The molecule has 0 radical (unpaired) electrons. The van der Waals surface area contributed by atoms with Gasteiger partial charge in [-0.1, -0.05) is 24.3 Å². The van der Waals surface area contributed by atoms with Crippen molar-refractivity contribution in [2.45, 2.75) is 23.9 Å². The number of benzene rings is 2. The minimum Gasteiger partial charge on any atom is -0.469 e. The van der Waals surface area contributed by atoms with E-state index in [9.17, 15) is 30.9 Å². The van der Waals surface area contributed by atoms with Gasteiger partial charge in [0.05, 0.1) is 18.0 Å². The molecule has 0 atom stereocenters. The Morgan fingerprint density at radius 2 is 1.84 bits per heavy atom. The molecular formula is C21H17F3N2O5S. The Bertz CT molecular complexity index is 1240. The molecule has 0 saturated heterocycles. The second-order valence-electron chi connectivity index (χ2n) is 6.64. The summed E-state index contributed by atoms with van der Waals surface area (Å²) in [7, 11) is -4.81. The Kier molecular flexibility index (Phi) is 6.80. The fourth-order valence-corrected chi connectivity index (χ4v) is 3.60. The maximum Gasteiger partial charge on any atom is 0.416 e. The van der Waals surface area contributed by atoms with Crippen LogP contribution in [0.1, 0.15) is 23.3 Å². The molecule has 32 heavy (non-hydrogen) atoms. The van der Waals surface area contributed by atoms with Crippen molar-refractivity contribution in [1.29, 1.82) is 0 Å². The topological polar surface area (TPSA) is 109 Å². The highest BCUT2D eigenvalue weighted by atomic mass is 32.2. The lowest BCUT2D eigenvalue weighted by molar-refractivity contribution is -0.137. The van der Waals surface area contributed by atoms with Gasteiger partial charge >= 0.3 is 6.18 Å². The van der Waals surface area contributed by atoms with E-state index in [-0.39, 0.29) is 23.1 Å². The van der Waals surface area contributed by atoms with E-state index in [0.717, 1.165) is 0 Å². The SMILES string of the molecule is O=C(CCc1ccco1)NN=Cc1ccccc1-c1cc(C(F)(F)F)ccc1S(=O)(=O)O. The van der Waals surface area contributed by atoms with Gasteiger partial charge < -0.3 is 4.42 Å². The zero-order valence-corrected chi connectivity index (χ0v) is 17.2. The minimum atomic E-state index is -4.81. The van der Waals surface area contributed by atoms with Crippen LogP contribution >= 0.6 is 0 Å². The number of furan rings is 1. The van der Waals surface area contributed by atoms with Crippen LogP contribution in [0.15, 0.2) is 75.3 Å². The Hall–Kier alpha value is -3.44. The van der Waals surface area contributed by atoms with Crippen molar-refractivity contribution < 1.29 is 35.4 Å². The first kappa shape index (κ1) is 23.2. The lowest BCUT2D eigenvalue weighted by Gasteiger charge is -2.14. The van der Waals surface area contributed by atoms with E-state index < -0.39 is 32.7 Å². The molecule has 3 aromatic rings. The third-order valence-corrected chi connectivity index (χ3v) is 5.32.